The van der Waals surface area contributed by atoms with Gasteiger partial charge in [-0.1, -0.05) is 70.2 Å². The third-order valence-electron chi connectivity index (χ3n) is 6.70. The minimum absolute atomic E-state index is 0.0384. The van der Waals surface area contributed by atoms with Gasteiger partial charge in [0.15, 0.2) is 5.82 Å². The number of benzene rings is 3. The maximum absolute atomic E-state index is 4.99. The largest absolute Gasteiger partial charge is 0.236 e. The van der Waals surface area contributed by atoms with Gasteiger partial charge in [-0.25, -0.2) is 9.97 Å². The topological polar surface area (TPSA) is 25.8 Å². The Bertz CT molecular complexity index is 1490. The fourth-order valence-corrected chi connectivity index (χ4v) is 6.46. The van der Waals surface area contributed by atoms with Crippen molar-refractivity contribution in [3.8, 4) is 21.8 Å². The van der Waals surface area contributed by atoms with E-state index >= 15 is 0 Å². The minimum Gasteiger partial charge on any atom is -0.236 e. The highest BCUT2D eigenvalue weighted by atomic mass is 32.1. The third-order valence-corrected chi connectivity index (χ3v) is 7.89. The molecule has 0 radical (unpaired) electrons. The van der Waals surface area contributed by atoms with Crippen LogP contribution in [0.4, 0.5) is 0 Å². The van der Waals surface area contributed by atoms with Crippen LogP contribution in [0.2, 0.25) is 0 Å². The molecule has 0 atom stereocenters. The molecule has 2 nitrogen and oxygen atoms in total. The SMILES string of the molecule is CC(C)c1ccc2nc(-c3cccc4c3-c3sc5ccccc5c3C4(C)C)ncc2c1. The van der Waals surface area contributed by atoms with Gasteiger partial charge >= 0.3 is 0 Å². The van der Waals surface area contributed by atoms with Crippen LogP contribution in [0.5, 0.6) is 0 Å². The van der Waals surface area contributed by atoms with Crippen LogP contribution < -0.4 is 0 Å². The quantitative estimate of drug-likeness (QED) is 0.290. The molecule has 3 heteroatoms. The summed E-state index contributed by atoms with van der Waals surface area (Å²) in [6, 6.07) is 21.9. The lowest BCUT2D eigenvalue weighted by atomic mass is 9.81. The smallest absolute Gasteiger partial charge is 0.160 e. The zero-order valence-electron chi connectivity index (χ0n) is 18.2. The highest BCUT2D eigenvalue weighted by Gasteiger charge is 2.40. The number of hydrogen-bond acceptors (Lipinski definition) is 3. The Morgan fingerprint density at radius 2 is 1.77 bits per heavy atom. The van der Waals surface area contributed by atoms with Crippen molar-refractivity contribution in [1.82, 2.24) is 9.97 Å². The van der Waals surface area contributed by atoms with Crippen LogP contribution in [0.3, 0.4) is 0 Å². The van der Waals surface area contributed by atoms with Crippen molar-refractivity contribution in [1.29, 1.82) is 0 Å². The molecular weight excluding hydrogens is 396 g/mol. The number of aromatic nitrogens is 2. The molecule has 0 saturated carbocycles. The van der Waals surface area contributed by atoms with Gasteiger partial charge in [0.1, 0.15) is 0 Å². The van der Waals surface area contributed by atoms with Gasteiger partial charge in [-0.15, -0.1) is 11.3 Å². The first-order valence-corrected chi connectivity index (χ1v) is 11.7. The molecule has 0 bridgehead atoms. The molecular formula is C28H24N2S. The molecule has 1 aliphatic rings. The van der Waals surface area contributed by atoms with E-state index in [0.717, 1.165) is 22.3 Å². The van der Waals surface area contributed by atoms with Crippen LogP contribution in [0.25, 0.3) is 42.8 Å². The van der Waals surface area contributed by atoms with Gasteiger partial charge in [-0.2, -0.15) is 0 Å². The highest BCUT2D eigenvalue weighted by molar-refractivity contribution is 7.22. The van der Waals surface area contributed by atoms with Crippen molar-refractivity contribution in [2.24, 2.45) is 0 Å². The van der Waals surface area contributed by atoms with Crippen LogP contribution >= 0.6 is 11.3 Å². The van der Waals surface area contributed by atoms with Crippen molar-refractivity contribution >= 4 is 32.3 Å². The Kier molecular flexibility index (Phi) is 3.91. The first kappa shape index (κ1) is 18.7. The normalized spacial score (nSPS) is 14.4. The van der Waals surface area contributed by atoms with E-state index < -0.39 is 0 Å². The number of hydrogen-bond donors (Lipinski definition) is 0. The van der Waals surface area contributed by atoms with E-state index in [1.54, 1.807) is 0 Å². The number of rotatable bonds is 2. The maximum Gasteiger partial charge on any atom is 0.160 e. The van der Waals surface area contributed by atoms with Gasteiger partial charge in [-0.3, -0.25) is 0 Å². The molecule has 2 aromatic heterocycles. The fourth-order valence-electron chi connectivity index (χ4n) is 5.02. The summed E-state index contributed by atoms with van der Waals surface area (Å²) >= 11 is 1.89. The van der Waals surface area contributed by atoms with Crippen LogP contribution in [0.15, 0.2) is 66.9 Å². The number of fused-ring (bicyclic) bond motifs is 6. The van der Waals surface area contributed by atoms with E-state index in [1.165, 1.54) is 37.2 Å². The zero-order valence-corrected chi connectivity index (χ0v) is 19.0. The lowest BCUT2D eigenvalue weighted by molar-refractivity contribution is 0.667. The minimum atomic E-state index is -0.0384. The first-order chi connectivity index (χ1) is 14.9. The van der Waals surface area contributed by atoms with E-state index in [4.69, 9.17) is 9.97 Å². The summed E-state index contributed by atoms with van der Waals surface area (Å²) in [5.41, 5.74) is 7.53. The molecule has 0 aliphatic heterocycles. The second kappa shape index (κ2) is 6.48. The van der Waals surface area contributed by atoms with Crippen molar-refractivity contribution < 1.29 is 0 Å². The maximum atomic E-state index is 4.99. The third kappa shape index (κ3) is 2.63. The van der Waals surface area contributed by atoms with E-state index in [0.29, 0.717) is 5.92 Å². The van der Waals surface area contributed by atoms with Crippen molar-refractivity contribution in [3.05, 3.63) is 83.6 Å². The van der Waals surface area contributed by atoms with Gasteiger partial charge < -0.3 is 0 Å². The van der Waals surface area contributed by atoms with Crippen LogP contribution in [0.1, 0.15) is 50.3 Å². The van der Waals surface area contributed by atoms with Gasteiger partial charge in [0, 0.05) is 37.7 Å². The summed E-state index contributed by atoms with van der Waals surface area (Å²) in [7, 11) is 0. The molecule has 0 amide bonds. The molecule has 6 rings (SSSR count). The molecule has 2 heterocycles. The lowest BCUT2D eigenvalue weighted by Gasteiger charge is -2.22. The first-order valence-electron chi connectivity index (χ1n) is 10.9. The lowest BCUT2D eigenvalue weighted by Crippen LogP contribution is -2.14. The second-order valence-corrected chi connectivity index (χ2v) is 10.4. The van der Waals surface area contributed by atoms with Crippen LogP contribution in [-0.4, -0.2) is 9.97 Å². The Hall–Kier alpha value is -3.04. The summed E-state index contributed by atoms with van der Waals surface area (Å²) in [5, 5.41) is 2.47. The van der Waals surface area contributed by atoms with E-state index in [-0.39, 0.29) is 5.41 Å². The monoisotopic (exact) mass is 420 g/mol. The summed E-state index contributed by atoms with van der Waals surface area (Å²) in [6.45, 7) is 9.12. The predicted octanol–water partition coefficient (Wildman–Crippen LogP) is 7.94. The van der Waals surface area contributed by atoms with Gasteiger partial charge in [0.05, 0.1) is 5.52 Å². The van der Waals surface area contributed by atoms with Gasteiger partial charge in [-0.05, 0) is 46.2 Å². The van der Waals surface area contributed by atoms with E-state index in [1.807, 2.05) is 17.5 Å². The highest BCUT2D eigenvalue weighted by Crippen LogP contribution is 2.57. The number of nitrogens with zero attached hydrogens (tertiary/aromatic N) is 2. The molecule has 0 fully saturated rings. The Morgan fingerprint density at radius 3 is 2.61 bits per heavy atom. The number of thiophene rings is 1. The van der Waals surface area contributed by atoms with Crippen molar-refractivity contribution in [3.63, 3.8) is 0 Å². The summed E-state index contributed by atoms with van der Waals surface area (Å²) in [6.07, 6.45) is 1.98. The van der Waals surface area contributed by atoms with E-state index in [2.05, 4.69) is 88.4 Å². The Morgan fingerprint density at radius 1 is 0.935 bits per heavy atom. The molecule has 152 valence electrons. The van der Waals surface area contributed by atoms with Crippen LogP contribution in [-0.2, 0) is 5.41 Å². The molecule has 3 aromatic carbocycles. The predicted molar refractivity (Wildman–Crippen MR) is 132 cm³/mol. The molecule has 1 aliphatic carbocycles. The molecule has 31 heavy (non-hydrogen) atoms. The summed E-state index contributed by atoms with van der Waals surface area (Å²) in [5.74, 6) is 1.30. The van der Waals surface area contributed by atoms with Crippen molar-refractivity contribution in [2.75, 3.05) is 0 Å². The molecule has 0 N–H and O–H groups in total. The average molecular weight is 421 g/mol. The Labute approximate surface area is 186 Å². The molecule has 0 unspecified atom stereocenters. The van der Waals surface area contributed by atoms with Gasteiger partial charge in [0.2, 0.25) is 0 Å². The van der Waals surface area contributed by atoms with Crippen molar-refractivity contribution in [2.45, 2.75) is 39.0 Å². The summed E-state index contributed by atoms with van der Waals surface area (Å²) < 4.78 is 1.35. The zero-order chi connectivity index (χ0) is 21.3. The molecule has 0 spiro atoms. The second-order valence-electron chi connectivity index (χ2n) is 9.32. The fraction of sp³-hybridized carbons (Fsp3) is 0.214. The average Bonchev–Trinajstić information content (AvgIpc) is 3.27. The van der Waals surface area contributed by atoms with E-state index in [9.17, 15) is 0 Å². The van der Waals surface area contributed by atoms with Gasteiger partial charge in [0.25, 0.3) is 0 Å². The molecule has 5 aromatic rings. The molecule has 0 saturated heterocycles. The standard InChI is InChI=1S/C28H24N2S/c1-16(2)17-12-13-22-18(14-17)15-29-27(30-22)20-9-7-10-21-24(20)26-25(28(21,3)4)19-8-5-6-11-23(19)31-26/h5-16H,1-4H3. The summed E-state index contributed by atoms with van der Waals surface area (Å²) in [4.78, 5) is 11.2. The van der Waals surface area contributed by atoms with Crippen LogP contribution in [0, 0.1) is 0 Å². The Balaban J connectivity index is 1.60.